The molecule has 2 nitrogen and oxygen atoms in total. The first-order valence-electron chi connectivity index (χ1n) is 19.9. The Balaban J connectivity index is 1.18. The minimum absolute atomic E-state index is 0.860. The lowest BCUT2D eigenvalue weighted by molar-refractivity contribution is 0.796. The molecule has 0 aliphatic rings. The summed E-state index contributed by atoms with van der Waals surface area (Å²) in [5, 5.41) is 17.8. The zero-order valence-corrected chi connectivity index (χ0v) is 31.5. The molecule has 0 spiro atoms. The van der Waals surface area contributed by atoms with Crippen LogP contribution in [0.25, 0.3) is 120 Å². The van der Waals surface area contributed by atoms with Crippen molar-refractivity contribution in [2.45, 2.75) is 13.5 Å². The second-order valence-corrected chi connectivity index (χ2v) is 15.2. The van der Waals surface area contributed by atoms with Crippen molar-refractivity contribution in [3.05, 3.63) is 188 Å². The summed E-state index contributed by atoms with van der Waals surface area (Å²) >= 11 is 0. The number of aryl methyl sites for hydroxylation is 1. The summed E-state index contributed by atoms with van der Waals surface area (Å²) in [6.07, 6.45) is 0. The zero-order valence-electron chi connectivity index (χ0n) is 31.5. The quantitative estimate of drug-likeness (QED) is 0.131. The Morgan fingerprint density at radius 1 is 0.368 bits per heavy atom. The van der Waals surface area contributed by atoms with Crippen LogP contribution in [0, 0.1) is 0 Å². The number of aromatic nitrogens is 2. The molecule has 12 aromatic rings. The van der Waals surface area contributed by atoms with Crippen LogP contribution in [-0.4, -0.2) is 9.55 Å². The van der Waals surface area contributed by atoms with Crippen LogP contribution in [-0.2, 0) is 6.54 Å². The highest BCUT2D eigenvalue weighted by molar-refractivity contribution is 6.35. The summed E-state index contributed by atoms with van der Waals surface area (Å²) in [7, 11) is 0. The number of nitrogens with zero attached hydrogens (tertiary/aromatic N) is 2. The van der Waals surface area contributed by atoms with Crippen molar-refractivity contribution >= 4 is 86.4 Å². The van der Waals surface area contributed by atoms with Crippen molar-refractivity contribution in [3.63, 3.8) is 0 Å². The Labute approximate surface area is 329 Å². The van der Waals surface area contributed by atoms with Crippen LogP contribution in [0.2, 0.25) is 0 Å². The van der Waals surface area contributed by atoms with Crippen LogP contribution in [0.3, 0.4) is 0 Å². The average molecular weight is 725 g/mol. The van der Waals surface area contributed by atoms with Gasteiger partial charge in [0, 0.05) is 12.1 Å². The van der Waals surface area contributed by atoms with Gasteiger partial charge in [-0.1, -0.05) is 176 Å². The molecule has 0 amide bonds. The third-order valence-corrected chi connectivity index (χ3v) is 12.3. The fourth-order valence-corrected chi connectivity index (χ4v) is 9.95. The Morgan fingerprint density at radius 3 is 1.46 bits per heavy atom. The van der Waals surface area contributed by atoms with Gasteiger partial charge in [0.1, 0.15) is 5.82 Å². The molecule has 2 heteroatoms. The van der Waals surface area contributed by atoms with Crippen molar-refractivity contribution in [1.29, 1.82) is 0 Å². The smallest absolute Gasteiger partial charge is 0.141 e. The van der Waals surface area contributed by atoms with Crippen molar-refractivity contribution in [2.24, 2.45) is 0 Å². The lowest BCUT2D eigenvalue weighted by atomic mass is 9.83. The van der Waals surface area contributed by atoms with E-state index < -0.39 is 0 Å². The predicted molar refractivity (Wildman–Crippen MR) is 244 cm³/mol. The summed E-state index contributed by atoms with van der Waals surface area (Å²) in [6, 6.07) is 69.7. The zero-order chi connectivity index (χ0) is 37.6. The molecule has 266 valence electrons. The third kappa shape index (κ3) is 4.62. The van der Waals surface area contributed by atoms with Gasteiger partial charge in [0.2, 0.25) is 0 Å². The summed E-state index contributed by atoms with van der Waals surface area (Å²) < 4.78 is 2.31. The van der Waals surface area contributed by atoms with Crippen molar-refractivity contribution < 1.29 is 0 Å². The van der Waals surface area contributed by atoms with Gasteiger partial charge in [0.05, 0.1) is 11.0 Å². The minimum atomic E-state index is 0.860. The average Bonchev–Trinajstić information content (AvgIpc) is 3.66. The van der Waals surface area contributed by atoms with Crippen molar-refractivity contribution in [3.8, 4) is 33.6 Å². The maximum atomic E-state index is 5.06. The van der Waals surface area contributed by atoms with E-state index in [-0.39, 0.29) is 0 Å². The Morgan fingerprint density at radius 2 is 0.825 bits per heavy atom. The summed E-state index contributed by atoms with van der Waals surface area (Å²) in [5.74, 6) is 1.01. The number of imidazole rings is 1. The van der Waals surface area contributed by atoms with Gasteiger partial charge >= 0.3 is 0 Å². The summed E-state index contributed by atoms with van der Waals surface area (Å²) in [5.41, 5.74) is 8.28. The molecule has 0 atom stereocenters. The van der Waals surface area contributed by atoms with Crippen LogP contribution >= 0.6 is 0 Å². The highest BCUT2D eigenvalue weighted by Gasteiger charge is 2.21. The monoisotopic (exact) mass is 724 g/mol. The molecular formula is C55H36N2. The molecule has 0 N–H and O–H groups in total. The molecular weight excluding hydrogens is 689 g/mol. The highest BCUT2D eigenvalue weighted by atomic mass is 15.1. The maximum absolute atomic E-state index is 5.06. The van der Waals surface area contributed by atoms with Crippen LogP contribution in [0.15, 0.2) is 188 Å². The van der Waals surface area contributed by atoms with Crippen LogP contribution in [0.5, 0.6) is 0 Å². The van der Waals surface area contributed by atoms with Gasteiger partial charge in [-0.2, -0.15) is 0 Å². The van der Waals surface area contributed by atoms with Crippen LogP contribution in [0.4, 0.5) is 0 Å². The number of para-hydroxylation sites is 2. The number of benzene rings is 10. The van der Waals surface area contributed by atoms with Gasteiger partial charge in [0.15, 0.2) is 0 Å². The molecule has 1 heterocycles. The van der Waals surface area contributed by atoms with Crippen LogP contribution in [0.1, 0.15) is 6.92 Å². The standard InChI is InChI=1S/C55H36N2/c1-2-57-49-27-10-9-26-48(49)56-55(57)37-32-30-36(31-33-37)50-41-18-5-7-20-44(41)54(45-21-8-6-19-42(45)50)47-25-13-24-46-43-23-12-15-35-29-28-34-14-11-22-39(51(34)52(35)43)38-16-3-4-17-40(38)53(46)47/h3-33H,2H2,1H3. The molecule has 0 radical (unpaired) electrons. The molecule has 57 heavy (non-hydrogen) atoms. The van der Waals surface area contributed by atoms with Crippen LogP contribution < -0.4 is 0 Å². The fraction of sp³-hybridized carbons (Fsp3) is 0.0364. The van der Waals surface area contributed by atoms with E-state index in [2.05, 4.69) is 200 Å². The molecule has 11 aromatic carbocycles. The first-order valence-corrected chi connectivity index (χ1v) is 19.9. The highest BCUT2D eigenvalue weighted by Crippen LogP contribution is 2.48. The fourth-order valence-electron chi connectivity index (χ4n) is 9.95. The second-order valence-electron chi connectivity index (χ2n) is 15.2. The van der Waals surface area contributed by atoms with Gasteiger partial charge in [-0.25, -0.2) is 4.98 Å². The summed E-state index contributed by atoms with van der Waals surface area (Å²) in [6.45, 7) is 3.05. The lowest BCUT2D eigenvalue weighted by Gasteiger charge is -2.20. The van der Waals surface area contributed by atoms with Gasteiger partial charge in [-0.05, 0) is 117 Å². The molecule has 0 saturated heterocycles. The maximum Gasteiger partial charge on any atom is 0.141 e. The molecule has 0 saturated carbocycles. The third-order valence-electron chi connectivity index (χ3n) is 12.3. The van der Waals surface area contributed by atoms with E-state index in [1.807, 2.05) is 0 Å². The molecule has 0 aliphatic heterocycles. The van der Waals surface area contributed by atoms with E-state index in [1.165, 1.54) is 103 Å². The van der Waals surface area contributed by atoms with E-state index in [1.54, 1.807) is 0 Å². The SMILES string of the molecule is CCn1c(-c2ccc(-c3c4ccccc4c(-c4cccc5c6cccc7ccc8cccc(c9ccccc9c45)c8c76)c4ccccc34)cc2)nc2ccccc21. The minimum Gasteiger partial charge on any atom is -0.324 e. The Bertz CT molecular complexity index is 3550. The number of fused-ring (bicyclic) bond motifs is 8. The topological polar surface area (TPSA) is 17.8 Å². The van der Waals surface area contributed by atoms with Gasteiger partial charge in [0.25, 0.3) is 0 Å². The van der Waals surface area contributed by atoms with E-state index in [0.29, 0.717) is 0 Å². The molecule has 1 aromatic heterocycles. The largest absolute Gasteiger partial charge is 0.324 e. The van der Waals surface area contributed by atoms with Gasteiger partial charge in [-0.3, -0.25) is 0 Å². The number of hydrogen-bond acceptors (Lipinski definition) is 1. The van der Waals surface area contributed by atoms with Gasteiger partial charge < -0.3 is 4.57 Å². The predicted octanol–water partition coefficient (Wildman–Crippen LogP) is 15.1. The van der Waals surface area contributed by atoms with Crippen molar-refractivity contribution in [1.82, 2.24) is 9.55 Å². The number of rotatable bonds is 4. The molecule has 12 rings (SSSR count). The normalized spacial score (nSPS) is 12.0. The van der Waals surface area contributed by atoms with E-state index in [9.17, 15) is 0 Å². The van der Waals surface area contributed by atoms with E-state index in [4.69, 9.17) is 4.98 Å². The first kappa shape index (κ1) is 32.0. The van der Waals surface area contributed by atoms with Crippen molar-refractivity contribution in [2.75, 3.05) is 0 Å². The molecule has 0 bridgehead atoms. The van der Waals surface area contributed by atoms with Gasteiger partial charge in [-0.15, -0.1) is 0 Å². The van der Waals surface area contributed by atoms with E-state index in [0.717, 1.165) is 23.4 Å². The lowest BCUT2D eigenvalue weighted by Crippen LogP contribution is -1.97. The summed E-state index contributed by atoms with van der Waals surface area (Å²) in [4.78, 5) is 5.06. The molecule has 0 unspecified atom stereocenters. The van der Waals surface area contributed by atoms with E-state index >= 15 is 0 Å². The first-order chi connectivity index (χ1) is 28.3. The molecule has 0 aliphatic carbocycles. The Hall–Kier alpha value is -7.29. The number of hydrogen-bond donors (Lipinski definition) is 0. The Kier molecular flexibility index (Phi) is 6.94. The molecule has 0 fully saturated rings. The second kappa shape index (κ2) is 12.4.